The van der Waals surface area contributed by atoms with Gasteiger partial charge in [0.1, 0.15) is 0 Å². The molecule has 1 aromatic rings. The van der Waals surface area contributed by atoms with Gasteiger partial charge in [0.15, 0.2) is 0 Å². The first-order valence-electron chi connectivity index (χ1n) is 8.67. The number of hydrogen-bond donors (Lipinski definition) is 0. The van der Waals surface area contributed by atoms with E-state index < -0.39 is 0 Å². The molecule has 2 unspecified atom stereocenters. The van der Waals surface area contributed by atoms with Gasteiger partial charge < -0.3 is 9.47 Å². The Balaban J connectivity index is 1.35. The number of hydrogen-bond acceptors (Lipinski definition) is 6. The van der Waals surface area contributed by atoms with Gasteiger partial charge in [0.25, 0.3) is 0 Å². The molecule has 3 aliphatic heterocycles. The number of ether oxygens (including phenoxy) is 2. The third-order valence-electron chi connectivity index (χ3n) is 5.39. The van der Waals surface area contributed by atoms with E-state index in [1.54, 1.807) is 25.3 Å². The van der Waals surface area contributed by atoms with Crippen LogP contribution in [-0.4, -0.2) is 66.7 Å². The molecule has 3 fully saturated rings. The zero-order valence-electron chi connectivity index (χ0n) is 14.0. The van der Waals surface area contributed by atoms with Crippen molar-refractivity contribution in [3.05, 3.63) is 17.3 Å². The van der Waals surface area contributed by atoms with Crippen molar-refractivity contribution < 1.29 is 9.47 Å². The van der Waals surface area contributed by atoms with Crippen LogP contribution in [0.2, 0.25) is 5.02 Å². The Morgan fingerprint density at radius 1 is 1.21 bits per heavy atom. The van der Waals surface area contributed by atoms with E-state index in [-0.39, 0.29) is 0 Å². The summed E-state index contributed by atoms with van der Waals surface area (Å²) in [5.74, 6) is 2.21. The fourth-order valence-electron chi connectivity index (χ4n) is 4.18. The summed E-state index contributed by atoms with van der Waals surface area (Å²) in [5, 5.41) is 0.656. The second kappa shape index (κ2) is 7.38. The summed E-state index contributed by atoms with van der Waals surface area (Å²) >= 11 is 7.83. The van der Waals surface area contributed by atoms with E-state index in [0.29, 0.717) is 10.9 Å². The number of aromatic nitrogens is 1. The van der Waals surface area contributed by atoms with Crippen molar-refractivity contribution in [2.45, 2.75) is 23.8 Å². The van der Waals surface area contributed by atoms with Crippen LogP contribution in [0.5, 0.6) is 5.88 Å². The van der Waals surface area contributed by atoms with Gasteiger partial charge in [-0.25, -0.2) is 9.29 Å². The molecule has 0 aliphatic carbocycles. The molecule has 24 heavy (non-hydrogen) atoms. The van der Waals surface area contributed by atoms with E-state index >= 15 is 0 Å². The van der Waals surface area contributed by atoms with E-state index in [1.807, 2.05) is 6.07 Å². The van der Waals surface area contributed by atoms with Crippen LogP contribution in [0.4, 0.5) is 0 Å². The summed E-state index contributed by atoms with van der Waals surface area (Å²) < 4.78 is 13.3. The third kappa shape index (κ3) is 3.53. The molecule has 3 aliphatic rings. The van der Waals surface area contributed by atoms with Crippen molar-refractivity contribution in [2.24, 2.45) is 11.8 Å². The fraction of sp³-hybridized carbons (Fsp3) is 0.706. The Kier molecular flexibility index (Phi) is 5.20. The van der Waals surface area contributed by atoms with Gasteiger partial charge in [0.05, 0.1) is 17.0 Å². The van der Waals surface area contributed by atoms with Crippen LogP contribution in [0.15, 0.2) is 17.2 Å². The van der Waals surface area contributed by atoms with Gasteiger partial charge in [-0.2, -0.15) is 0 Å². The number of fused-ring (bicyclic) bond motifs is 1. The predicted molar refractivity (Wildman–Crippen MR) is 95.6 cm³/mol. The maximum atomic E-state index is 6.09. The maximum absolute atomic E-state index is 6.09. The molecule has 132 valence electrons. The highest BCUT2D eigenvalue weighted by Gasteiger charge is 2.42. The van der Waals surface area contributed by atoms with Gasteiger partial charge in [-0.05, 0) is 42.7 Å². The van der Waals surface area contributed by atoms with Gasteiger partial charge >= 0.3 is 0 Å². The lowest BCUT2D eigenvalue weighted by Gasteiger charge is -2.32. The van der Waals surface area contributed by atoms with E-state index in [4.69, 9.17) is 21.1 Å². The lowest BCUT2D eigenvalue weighted by molar-refractivity contribution is 0.0394. The van der Waals surface area contributed by atoms with Crippen LogP contribution in [0.1, 0.15) is 12.8 Å². The molecule has 0 saturated carbocycles. The molecule has 5 nitrogen and oxygen atoms in total. The summed E-state index contributed by atoms with van der Waals surface area (Å²) in [4.78, 5) is 7.98. The summed E-state index contributed by atoms with van der Waals surface area (Å²) in [5.41, 5.74) is 0. The number of methoxy groups -OCH3 is 1. The first kappa shape index (κ1) is 16.9. The van der Waals surface area contributed by atoms with Gasteiger partial charge in [-0.1, -0.05) is 11.6 Å². The number of halogens is 1. The average Bonchev–Trinajstić information content (AvgIpc) is 3.14. The van der Waals surface area contributed by atoms with Crippen LogP contribution in [0, 0.1) is 11.8 Å². The summed E-state index contributed by atoms with van der Waals surface area (Å²) in [6.07, 6.45) is 4.03. The zero-order chi connectivity index (χ0) is 16.5. The second-order valence-electron chi connectivity index (χ2n) is 6.92. The predicted octanol–water partition coefficient (Wildman–Crippen LogP) is 2.79. The van der Waals surface area contributed by atoms with Crippen LogP contribution in [-0.2, 0) is 4.74 Å². The van der Waals surface area contributed by atoms with E-state index in [0.717, 1.165) is 49.1 Å². The molecule has 0 radical (unpaired) electrons. The Hall–Kier alpha value is -0.530. The minimum absolute atomic E-state index is 0.656. The highest BCUT2D eigenvalue weighted by atomic mass is 35.5. The van der Waals surface area contributed by atoms with E-state index in [9.17, 15) is 0 Å². The molecule has 4 heterocycles. The summed E-state index contributed by atoms with van der Waals surface area (Å²) in [6, 6.07) is 2.68. The number of nitrogens with zero attached hydrogens (tertiary/aromatic N) is 3. The minimum atomic E-state index is 0.656. The van der Waals surface area contributed by atoms with Crippen molar-refractivity contribution >= 4 is 23.5 Å². The largest absolute Gasteiger partial charge is 0.480 e. The highest BCUT2D eigenvalue weighted by Crippen LogP contribution is 2.40. The SMILES string of the molecule is COc1ncc(Cl)cc1SN1CC2CN(C3CCOCC3)CC2C1. The van der Waals surface area contributed by atoms with Gasteiger partial charge in [0.2, 0.25) is 5.88 Å². The summed E-state index contributed by atoms with van der Waals surface area (Å²) in [7, 11) is 1.66. The lowest BCUT2D eigenvalue weighted by atomic mass is 10.0. The molecule has 7 heteroatoms. The molecule has 4 rings (SSSR count). The monoisotopic (exact) mass is 369 g/mol. The Morgan fingerprint density at radius 3 is 2.58 bits per heavy atom. The Bertz CT molecular complexity index is 571. The van der Waals surface area contributed by atoms with Crippen molar-refractivity contribution in [3.63, 3.8) is 0 Å². The number of pyridine rings is 1. The fourth-order valence-corrected chi connectivity index (χ4v) is 5.60. The molecule has 0 amide bonds. The molecule has 3 saturated heterocycles. The molecular formula is C17H24ClN3O2S. The second-order valence-corrected chi connectivity index (χ2v) is 8.49. The molecule has 0 bridgehead atoms. The number of likely N-dealkylation sites (tertiary alicyclic amines) is 1. The normalized spacial score (nSPS) is 29.1. The first-order valence-corrected chi connectivity index (χ1v) is 9.82. The van der Waals surface area contributed by atoms with Gasteiger partial charge in [-0.15, -0.1) is 0 Å². The van der Waals surface area contributed by atoms with Crippen molar-refractivity contribution in [3.8, 4) is 5.88 Å². The molecule has 0 aromatic carbocycles. The van der Waals surface area contributed by atoms with E-state index in [2.05, 4.69) is 14.2 Å². The number of rotatable bonds is 4. The van der Waals surface area contributed by atoms with E-state index in [1.165, 1.54) is 25.9 Å². The Labute approximate surface area is 152 Å². The molecule has 0 spiro atoms. The minimum Gasteiger partial charge on any atom is -0.480 e. The van der Waals surface area contributed by atoms with Gasteiger partial charge in [0, 0.05) is 51.6 Å². The molecule has 0 N–H and O–H groups in total. The van der Waals surface area contributed by atoms with Crippen LogP contribution < -0.4 is 4.74 Å². The van der Waals surface area contributed by atoms with Crippen LogP contribution in [0.3, 0.4) is 0 Å². The Morgan fingerprint density at radius 2 is 1.92 bits per heavy atom. The zero-order valence-corrected chi connectivity index (χ0v) is 15.6. The summed E-state index contributed by atoms with van der Waals surface area (Å²) in [6.45, 7) is 6.59. The highest BCUT2D eigenvalue weighted by molar-refractivity contribution is 7.97. The topological polar surface area (TPSA) is 37.8 Å². The first-order chi connectivity index (χ1) is 11.7. The molecule has 1 aromatic heterocycles. The molecular weight excluding hydrogens is 346 g/mol. The van der Waals surface area contributed by atoms with Gasteiger partial charge in [-0.3, -0.25) is 4.90 Å². The average molecular weight is 370 g/mol. The van der Waals surface area contributed by atoms with Crippen molar-refractivity contribution in [2.75, 3.05) is 46.5 Å². The van der Waals surface area contributed by atoms with Crippen LogP contribution in [0.25, 0.3) is 0 Å². The lowest BCUT2D eigenvalue weighted by Crippen LogP contribution is -2.39. The maximum Gasteiger partial charge on any atom is 0.228 e. The van der Waals surface area contributed by atoms with Crippen LogP contribution >= 0.6 is 23.5 Å². The third-order valence-corrected chi connectivity index (χ3v) is 6.65. The smallest absolute Gasteiger partial charge is 0.228 e. The quantitative estimate of drug-likeness (QED) is 0.760. The molecule has 2 atom stereocenters. The van der Waals surface area contributed by atoms with Crippen molar-refractivity contribution in [1.29, 1.82) is 0 Å². The van der Waals surface area contributed by atoms with Crippen molar-refractivity contribution in [1.82, 2.24) is 14.2 Å². The standard InChI is InChI=1S/C17H24ClN3O2S/c1-22-17-16(6-14(18)7-19-17)24-21-10-12-8-20(9-13(12)11-21)15-2-4-23-5-3-15/h6-7,12-13,15H,2-5,8-11H2,1H3.